The largest absolute Gasteiger partial charge is 0.394 e. The van der Waals surface area contributed by atoms with Gasteiger partial charge in [0.05, 0.1) is 25.5 Å². The fraction of sp³-hybridized carbons (Fsp3) is 0.400. The molecule has 0 bridgehead atoms. The average Bonchev–Trinajstić information content (AvgIpc) is 2.85. The zero-order chi connectivity index (χ0) is 10.7. The maximum Gasteiger partial charge on any atom is 0.0641 e. The van der Waals surface area contributed by atoms with E-state index >= 15 is 0 Å². The Morgan fingerprint density at radius 1 is 1.13 bits per heavy atom. The van der Waals surface area contributed by atoms with E-state index in [0.717, 1.165) is 17.7 Å². The zero-order valence-electron chi connectivity index (χ0n) is 8.67. The van der Waals surface area contributed by atoms with E-state index < -0.39 is 0 Å². The first-order valence-electron chi connectivity index (χ1n) is 4.99. The van der Waals surface area contributed by atoms with Crippen LogP contribution in [0.5, 0.6) is 0 Å². The highest BCUT2D eigenvalue weighted by molar-refractivity contribution is 5.59. The van der Waals surface area contributed by atoms with Crippen molar-refractivity contribution in [2.75, 3.05) is 6.61 Å². The predicted molar refractivity (Wildman–Crippen MR) is 56.2 cm³/mol. The van der Waals surface area contributed by atoms with Gasteiger partial charge < -0.3 is 5.11 Å². The van der Waals surface area contributed by atoms with Gasteiger partial charge in [-0.25, -0.2) is 0 Å². The maximum absolute atomic E-state index is 8.76. The number of hydrogen-bond donors (Lipinski definition) is 1. The minimum Gasteiger partial charge on any atom is -0.394 e. The molecule has 0 saturated carbocycles. The summed E-state index contributed by atoms with van der Waals surface area (Å²) in [4.78, 5) is 0. The van der Waals surface area contributed by atoms with Gasteiger partial charge in [-0.05, 0) is 6.92 Å². The molecule has 2 heterocycles. The summed E-state index contributed by atoms with van der Waals surface area (Å²) in [6.45, 7) is 3.55. The molecule has 0 aliphatic heterocycles. The molecule has 0 amide bonds. The Morgan fingerprint density at radius 2 is 1.73 bits per heavy atom. The summed E-state index contributed by atoms with van der Waals surface area (Å²) in [7, 11) is 0. The highest BCUT2D eigenvalue weighted by Gasteiger charge is 2.03. The van der Waals surface area contributed by atoms with Crippen LogP contribution in [0.25, 0.3) is 11.1 Å². The van der Waals surface area contributed by atoms with Gasteiger partial charge in [-0.15, -0.1) is 0 Å². The van der Waals surface area contributed by atoms with E-state index in [1.165, 1.54) is 0 Å². The summed E-state index contributed by atoms with van der Waals surface area (Å²) < 4.78 is 3.59. The Labute approximate surface area is 88.0 Å². The van der Waals surface area contributed by atoms with Crippen LogP contribution in [0.4, 0.5) is 0 Å². The van der Waals surface area contributed by atoms with Crippen LogP contribution >= 0.6 is 0 Å². The summed E-state index contributed by atoms with van der Waals surface area (Å²) in [5.74, 6) is 0. The molecule has 0 aliphatic carbocycles. The molecule has 0 fully saturated rings. The number of hydrogen-bond acceptors (Lipinski definition) is 3. The molecule has 15 heavy (non-hydrogen) atoms. The summed E-state index contributed by atoms with van der Waals surface area (Å²) >= 11 is 0. The van der Waals surface area contributed by atoms with Crippen LogP contribution in [-0.4, -0.2) is 31.3 Å². The van der Waals surface area contributed by atoms with Crippen molar-refractivity contribution in [3.05, 3.63) is 24.8 Å². The molecule has 80 valence electrons. The summed E-state index contributed by atoms with van der Waals surface area (Å²) in [6, 6.07) is 0. The van der Waals surface area contributed by atoms with Crippen molar-refractivity contribution >= 4 is 0 Å². The Morgan fingerprint density at radius 3 is 2.27 bits per heavy atom. The minimum absolute atomic E-state index is 0.106. The molecule has 0 radical (unpaired) electrons. The molecular formula is C10H14N4O. The Bertz CT molecular complexity index is 432. The molecule has 0 aromatic carbocycles. The standard InChI is InChI=1S/C10H14N4O/c1-2-13-7-9(5-11-13)10-6-12-14(8-10)3-4-15/h5-8,15H,2-4H2,1H3. The van der Waals surface area contributed by atoms with E-state index in [-0.39, 0.29) is 6.61 Å². The van der Waals surface area contributed by atoms with Crippen LogP contribution in [0.1, 0.15) is 6.92 Å². The minimum atomic E-state index is 0.106. The van der Waals surface area contributed by atoms with Gasteiger partial charge in [0.2, 0.25) is 0 Å². The maximum atomic E-state index is 8.76. The van der Waals surface area contributed by atoms with Gasteiger partial charge >= 0.3 is 0 Å². The molecule has 5 nitrogen and oxygen atoms in total. The van der Waals surface area contributed by atoms with Gasteiger partial charge in [0, 0.05) is 30.1 Å². The van der Waals surface area contributed by atoms with Crippen LogP contribution in [0, 0.1) is 0 Å². The molecule has 0 atom stereocenters. The Hall–Kier alpha value is -1.62. The molecule has 1 N–H and O–H groups in total. The van der Waals surface area contributed by atoms with Crippen molar-refractivity contribution in [1.82, 2.24) is 19.6 Å². The van der Waals surface area contributed by atoms with Crippen LogP contribution in [0.2, 0.25) is 0 Å². The number of nitrogens with zero attached hydrogens (tertiary/aromatic N) is 4. The van der Waals surface area contributed by atoms with Crippen molar-refractivity contribution in [2.45, 2.75) is 20.0 Å². The predicted octanol–water partition coefficient (Wildman–Crippen LogP) is 0.759. The summed E-state index contributed by atoms with van der Waals surface area (Å²) in [5, 5.41) is 17.1. The first-order chi connectivity index (χ1) is 7.33. The SMILES string of the molecule is CCn1cc(-c2cnn(CCO)c2)cn1. The topological polar surface area (TPSA) is 55.9 Å². The van der Waals surface area contributed by atoms with E-state index in [1.54, 1.807) is 10.9 Å². The third kappa shape index (κ3) is 2.07. The van der Waals surface area contributed by atoms with Gasteiger partial charge in [-0.3, -0.25) is 9.36 Å². The lowest BCUT2D eigenvalue weighted by Gasteiger charge is -1.94. The second-order valence-electron chi connectivity index (χ2n) is 3.30. The number of aliphatic hydroxyl groups is 1. The number of aromatic nitrogens is 4. The third-order valence-corrected chi connectivity index (χ3v) is 2.25. The molecule has 2 aromatic rings. The zero-order valence-corrected chi connectivity index (χ0v) is 8.67. The second kappa shape index (κ2) is 4.27. The van der Waals surface area contributed by atoms with Crippen molar-refractivity contribution < 1.29 is 5.11 Å². The molecular weight excluding hydrogens is 192 g/mol. The quantitative estimate of drug-likeness (QED) is 0.803. The smallest absolute Gasteiger partial charge is 0.0641 e. The summed E-state index contributed by atoms with van der Waals surface area (Å²) in [5.41, 5.74) is 2.09. The van der Waals surface area contributed by atoms with Gasteiger partial charge in [-0.1, -0.05) is 0 Å². The van der Waals surface area contributed by atoms with E-state index in [9.17, 15) is 0 Å². The van der Waals surface area contributed by atoms with Gasteiger partial charge in [0.1, 0.15) is 0 Å². The lowest BCUT2D eigenvalue weighted by Crippen LogP contribution is -2.01. The molecule has 2 aromatic heterocycles. The van der Waals surface area contributed by atoms with Gasteiger partial charge in [0.15, 0.2) is 0 Å². The molecule has 2 rings (SSSR count). The highest BCUT2D eigenvalue weighted by atomic mass is 16.3. The Kier molecular flexibility index (Phi) is 2.82. The lowest BCUT2D eigenvalue weighted by molar-refractivity contribution is 0.269. The third-order valence-electron chi connectivity index (χ3n) is 2.25. The van der Waals surface area contributed by atoms with E-state index in [2.05, 4.69) is 10.2 Å². The van der Waals surface area contributed by atoms with Crippen molar-refractivity contribution in [1.29, 1.82) is 0 Å². The average molecular weight is 206 g/mol. The first kappa shape index (κ1) is 9.92. The molecule has 0 saturated heterocycles. The van der Waals surface area contributed by atoms with Gasteiger partial charge in [-0.2, -0.15) is 10.2 Å². The van der Waals surface area contributed by atoms with E-state index in [1.807, 2.05) is 30.2 Å². The Balaban J connectivity index is 2.21. The second-order valence-corrected chi connectivity index (χ2v) is 3.30. The first-order valence-corrected chi connectivity index (χ1v) is 4.99. The normalized spacial score (nSPS) is 10.8. The van der Waals surface area contributed by atoms with E-state index in [4.69, 9.17) is 5.11 Å². The van der Waals surface area contributed by atoms with Crippen LogP contribution < -0.4 is 0 Å². The van der Waals surface area contributed by atoms with Crippen molar-refractivity contribution in [3.8, 4) is 11.1 Å². The lowest BCUT2D eigenvalue weighted by atomic mass is 10.2. The fourth-order valence-electron chi connectivity index (χ4n) is 1.42. The van der Waals surface area contributed by atoms with Crippen LogP contribution in [-0.2, 0) is 13.1 Å². The molecule has 5 heteroatoms. The fourth-order valence-corrected chi connectivity index (χ4v) is 1.42. The highest BCUT2D eigenvalue weighted by Crippen LogP contribution is 2.17. The monoisotopic (exact) mass is 206 g/mol. The molecule has 0 spiro atoms. The number of aryl methyl sites for hydroxylation is 1. The number of aliphatic hydroxyl groups excluding tert-OH is 1. The van der Waals surface area contributed by atoms with Crippen LogP contribution in [0.3, 0.4) is 0 Å². The number of rotatable bonds is 4. The van der Waals surface area contributed by atoms with Crippen LogP contribution in [0.15, 0.2) is 24.8 Å². The van der Waals surface area contributed by atoms with Crippen molar-refractivity contribution in [2.24, 2.45) is 0 Å². The van der Waals surface area contributed by atoms with E-state index in [0.29, 0.717) is 6.54 Å². The van der Waals surface area contributed by atoms with Gasteiger partial charge in [0.25, 0.3) is 0 Å². The molecule has 0 aliphatic rings. The van der Waals surface area contributed by atoms with Crippen molar-refractivity contribution in [3.63, 3.8) is 0 Å². The summed E-state index contributed by atoms with van der Waals surface area (Å²) in [6.07, 6.45) is 7.50. The molecule has 0 unspecified atom stereocenters.